The predicted octanol–water partition coefficient (Wildman–Crippen LogP) is 1.64. The highest BCUT2D eigenvalue weighted by atomic mass is 16.3. The topological polar surface area (TPSA) is 61.4 Å². The fourth-order valence-electron chi connectivity index (χ4n) is 1.88. The molecule has 1 atom stereocenters. The molecule has 1 aliphatic carbocycles. The van der Waals surface area contributed by atoms with E-state index in [-0.39, 0.29) is 12.1 Å². The Morgan fingerprint density at radius 3 is 2.38 bits per heavy atom. The molecule has 0 bridgehead atoms. The molecule has 1 fully saturated rings. The molecule has 2 amide bonds. The Labute approximate surface area is 97.8 Å². The lowest BCUT2D eigenvalue weighted by Gasteiger charge is -2.24. The molecule has 1 saturated carbocycles. The van der Waals surface area contributed by atoms with E-state index in [2.05, 4.69) is 24.5 Å². The second kappa shape index (κ2) is 5.53. The van der Waals surface area contributed by atoms with E-state index in [1.165, 1.54) is 0 Å². The summed E-state index contributed by atoms with van der Waals surface area (Å²) < 4.78 is 0. The summed E-state index contributed by atoms with van der Waals surface area (Å²) in [6, 6.07) is -0.0280. The zero-order valence-electron chi connectivity index (χ0n) is 10.5. The molecule has 0 heterocycles. The molecule has 0 aliphatic heterocycles. The van der Waals surface area contributed by atoms with Crippen molar-refractivity contribution in [2.24, 2.45) is 5.92 Å². The van der Waals surface area contributed by atoms with Gasteiger partial charge in [-0.3, -0.25) is 0 Å². The number of aliphatic hydroxyl groups is 1. The summed E-state index contributed by atoms with van der Waals surface area (Å²) in [5.41, 5.74) is -0.668. The first-order valence-electron chi connectivity index (χ1n) is 6.20. The number of carbonyl (C=O) groups excluding carboxylic acids is 1. The van der Waals surface area contributed by atoms with Crippen LogP contribution >= 0.6 is 0 Å². The van der Waals surface area contributed by atoms with Crippen molar-refractivity contribution in [2.75, 3.05) is 6.54 Å². The summed E-state index contributed by atoms with van der Waals surface area (Å²) in [4.78, 5) is 11.5. The number of amides is 2. The van der Waals surface area contributed by atoms with Crippen molar-refractivity contribution in [3.05, 3.63) is 0 Å². The number of hydrogen-bond acceptors (Lipinski definition) is 2. The Kier molecular flexibility index (Phi) is 4.59. The van der Waals surface area contributed by atoms with Gasteiger partial charge in [-0.2, -0.15) is 0 Å². The van der Waals surface area contributed by atoms with Crippen LogP contribution in [0.4, 0.5) is 4.79 Å². The van der Waals surface area contributed by atoms with Gasteiger partial charge in [0.05, 0.1) is 5.60 Å². The third-order valence-corrected chi connectivity index (χ3v) is 3.47. The van der Waals surface area contributed by atoms with Crippen LogP contribution in [0, 0.1) is 5.92 Å². The van der Waals surface area contributed by atoms with Gasteiger partial charge in [-0.1, -0.05) is 26.7 Å². The standard InChI is InChI=1S/C12H24N2O2/c1-9(2)10(3)14-11(15)13-8-12(16)6-4-5-7-12/h9-10,16H,4-8H2,1-3H3,(H2,13,14,15). The van der Waals surface area contributed by atoms with Crippen LogP contribution in [-0.4, -0.2) is 29.3 Å². The highest BCUT2D eigenvalue weighted by molar-refractivity contribution is 5.74. The van der Waals surface area contributed by atoms with Crippen molar-refractivity contribution >= 4 is 6.03 Å². The van der Waals surface area contributed by atoms with E-state index in [0.717, 1.165) is 25.7 Å². The lowest BCUT2D eigenvalue weighted by atomic mass is 10.0. The number of hydrogen-bond donors (Lipinski definition) is 3. The summed E-state index contributed by atoms with van der Waals surface area (Å²) in [7, 11) is 0. The molecule has 4 heteroatoms. The number of carbonyl (C=O) groups is 1. The molecule has 0 aromatic rings. The minimum absolute atomic E-state index is 0.151. The Morgan fingerprint density at radius 1 is 1.31 bits per heavy atom. The minimum Gasteiger partial charge on any atom is -0.388 e. The highest BCUT2D eigenvalue weighted by Gasteiger charge is 2.31. The molecule has 1 rings (SSSR count). The summed E-state index contributed by atoms with van der Waals surface area (Å²) in [5.74, 6) is 0.417. The SMILES string of the molecule is CC(C)C(C)NC(=O)NCC1(O)CCCC1. The number of urea groups is 1. The van der Waals surface area contributed by atoms with E-state index in [0.29, 0.717) is 12.5 Å². The van der Waals surface area contributed by atoms with Crippen LogP contribution in [0.3, 0.4) is 0 Å². The van der Waals surface area contributed by atoms with E-state index >= 15 is 0 Å². The second-order valence-corrected chi connectivity index (χ2v) is 5.29. The maximum Gasteiger partial charge on any atom is 0.315 e. The Bertz CT molecular complexity index is 235. The van der Waals surface area contributed by atoms with Crippen molar-refractivity contribution in [2.45, 2.75) is 58.1 Å². The second-order valence-electron chi connectivity index (χ2n) is 5.29. The zero-order chi connectivity index (χ0) is 12.2. The van der Waals surface area contributed by atoms with E-state index < -0.39 is 5.60 Å². The summed E-state index contributed by atoms with van der Waals surface area (Å²) in [6.45, 7) is 6.48. The van der Waals surface area contributed by atoms with Crippen LogP contribution in [0.1, 0.15) is 46.5 Å². The van der Waals surface area contributed by atoms with Crippen LogP contribution < -0.4 is 10.6 Å². The average Bonchev–Trinajstić information content (AvgIpc) is 2.63. The van der Waals surface area contributed by atoms with Crippen molar-refractivity contribution in [1.29, 1.82) is 0 Å². The van der Waals surface area contributed by atoms with Gasteiger partial charge in [0.1, 0.15) is 0 Å². The van der Waals surface area contributed by atoms with Crippen LogP contribution in [0.5, 0.6) is 0 Å². The summed E-state index contributed by atoms with van der Waals surface area (Å²) in [6.07, 6.45) is 3.71. The van der Waals surface area contributed by atoms with E-state index in [4.69, 9.17) is 0 Å². The molecule has 0 saturated heterocycles. The third-order valence-electron chi connectivity index (χ3n) is 3.47. The van der Waals surface area contributed by atoms with Crippen LogP contribution in [-0.2, 0) is 0 Å². The fourth-order valence-corrected chi connectivity index (χ4v) is 1.88. The first kappa shape index (κ1) is 13.3. The van der Waals surface area contributed by atoms with E-state index in [1.54, 1.807) is 0 Å². The zero-order valence-corrected chi connectivity index (χ0v) is 10.5. The maximum atomic E-state index is 11.5. The molecule has 16 heavy (non-hydrogen) atoms. The number of nitrogens with one attached hydrogen (secondary N) is 2. The molecule has 4 nitrogen and oxygen atoms in total. The molecule has 0 aromatic carbocycles. The van der Waals surface area contributed by atoms with Crippen molar-refractivity contribution in [1.82, 2.24) is 10.6 Å². The predicted molar refractivity (Wildman–Crippen MR) is 64.3 cm³/mol. The van der Waals surface area contributed by atoms with Gasteiger partial charge in [-0.05, 0) is 25.7 Å². The molecular weight excluding hydrogens is 204 g/mol. The molecule has 94 valence electrons. The molecule has 0 aromatic heterocycles. The fraction of sp³-hybridized carbons (Fsp3) is 0.917. The first-order chi connectivity index (χ1) is 7.43. The van der Waals surface area contributed by atoms with E-state index in [1.807, 2.05) is 6.92 Å². The van der Waals surface area contributed by atoms with Crippen molar-refractivity contribution in [3.8, 4) is 0 Å². The first-order valence-corrected chi connectivity index (χ1v) is 6.20. The van der Waals surface area contributed by atoms with Gasteiger partial charge in [0.25, 0.3) is 0 Å². The van der Waals surface area contributed by atoms with Crippen LogP contribution in [0.15, 0.2) is 0 Å². The highest BCUT2D eigenvalue weighted by Crippen LogP contribution is 2.28. The molecule has 3 N–H and O–H groups in total. The lowest BCUT2D eigenvalue weighted by Crippen LogP contribution is -2.48. The smallest absolute Gasteiger partial charge is 0.315 e. The summed E-state index contributed by atoms with van der Waals surface area (Å²) in [5, 5.41) is 15.7. The molecule has 0 radical (unpaired) electrons. The molecule has 0 spiro atoms. The van der Waals surface area contributed by atoms with E-state index in [9.17, 15) is 9.90 Å². The minimum atomic E-state index is -0.668. The molecule has 1 aliphatic rings. The Balaban J connectivity index is 2.24. The Morgan fingerprint density at radius 2 is 1.88 bits per heavy atom. The lowest BCUT2D eigenvalue weighted by molar-refractivity contribution is 0.0500. The molecule has 1 unspecified atom stereocenters. The number of rotatable bonds is 4. The van der Waals surface area contributed by atoms with Gasteiger partial charge in [-0.25, -0.2) is 4.79 Å². The van der Waals surface area contributed by atoms with Crippen LogP contribution in [0.2, 0.25) is 0 Å². The van der Waals surface area contributed by atoms with Gasteiger partial charge in [0.15, 0.2) is 0 Å². The van der Waals surface area contributed by atoms with Gasteiger partial charge in [0, 0.05) is 12.6 Å². The van der Waals surface area contributed by atoms with Gasteiger partial charge >= 0.3 is 6.03 Å². The van der Waals surface area contributed by atoms with Crippen LogP contribution in [0.25, 0.3) is 0 Å². The quantitative estimate of drug-likeness (QED) is 0.685. The van der Waals surface area contributed by atoms with Crippen molar-refractivity contribution in [3.63, 3.8) is 0 Å². The maximum absolute atomic E-state index is 11.5. The van der Waals surface area contributed by atoms with Crippen molar-refractivity contribution < 1.29 is 9.90 Å². The largest absolute Gasteiger partial charge is 0.388 e. The van der Waals surface area contributed by atoms with Gasteiger partial charge in [-0.15, -0.1) is 0 Å². The third kappa shape index (κ3) is 4.00. The normalized spacial score (nSPS) is 20.8. The Hall–Kier alpha value is -0.770. The average molecular weight is 228 g/mol. The monoisotopic (exact) mass is 228 g/mol. The van der Waals surface area contributed by atoms with Gasteiger partial charge < -0.3 is 15.7 Å². The molecular formula is C12H24N2O2. The summed E-state index contributed by atoms with van der Waals surface area (Å²) >= 11 is 0. The van der Waals surface area contributed by atoms with Gasteiger partial charge in [0.2, 0.25) is 0 Å².